The maximum atomic E-state index is 12.0. The quantitative estimate of drug-likeness (QED) is 0.750. The van der Waals surface area contributed by atoms with Crippen LogP contribution in [-0.2, 0) is 9.59 Å². The van der Waals surface area contributed by atoms with Gasteiger partial charge in [0.25, 0.3) is 0 Å². The van der Waals surface area contributed by atoms with E-state index in [4.69, 9.17) is 0 Å². The lowest BCUT2D eigenvalue weighted by atomic mass is 10.0. The van der Waals surface area contributed by atoms with Crippen molar-refractivity contribution in [3.8, 4) is 0 Å². The molecule has 0 radical (unpaired) electrons. The first-order chi connectivity index (χ1) is 10.9. The topological polar surface area (TPSA) is 66.5 Å². The zero-order valence-electron chi connectivity index (χ0n) is 14.4. The second-order valence-corrected chi connectivity index (χ2v) is 5.58. The fourth-order valence-electron chi connectivity index (χ4n) is 2.44. The molecule has 0 aliphatic heterocycles. The minimum absolute atomic E-state index is 0.0108. The summed E-state index contributed by atoms with van der Waals surface area (Å²) in [6.07, 6.45) is 1.62. The highest BCUT2D eigenvalue weighted by Crippen LogP contribution is 2.16. The number of nitrogens with zero attached hydrogens (tertiary/aromatic N) is 1. The predicted molar refractivity (Wildman–Crippen MR) is 91.6 cm³/mol. The van der Waals surface area contributed by atoms with E-state index in [9.17, 15) is 14.4 Å². The Morgan fingerprint density at radius 3 is 2.04 bits per heavy atom. The molecule has 1 aromatic rings. The van der Waals surface area contributed by atoms with Crippen molar-refractivity contribution in [2.24, 2.45) is 5.92 Å². The zero-order chi connectivity index (χ0) is 17.4. The van der Waals surface area contributed by atoms with E-state index < -0.39 is 0 Å². The van der Waals surface area contributed by atoms with Gasteiger partial charge in [-0.15, -0.1) is 0 Å². The number of anilines is 1. The Balaban J connectivity index is 2.67. The minimum atomic E-state index is -0.0997. The molecule has 0 aliphatic rings. The van der Waals surface area contributed by atoms with Gasteiger partial charge >= 0.3 is 0 Å². The van der Waals surface area contributed by atoms with Crippen LogP contribution in [0, 0.1) is 5.92 Å². The summed E-state index contributed by atoms with van der Waals surface area (Å²) in [5.41, 5.74) is 1.33. The molecule has 0 aliphatic carbocycles. The molecule has 0 saturated carbocycles. The van der Waals surface area contributed by atoms with Crippen molar-refractivity contribution in [3.05, 3.63) is 29.8 Å². The van der Waals surface area contributed by atoms with Crippen molar-refractivity contribution < 1.29 is 14.4 Å². The number of hydrogen-bond donors (Lipinski definition) is 1. The molecule has 0 bridgehead atoms. The first-order valence-corrected chi connectivity index (χ1v) is 8.07. The maximum Gasteiger partial charge on any atom is 0.223 e. The normalized spacial score (nSPS) is 10.5. The molecule has 0 fully saturated rings. The molecular weight excluding hydrogens is 292 g/mol. The van der Waals surface area contributed by atoms with Gasteiger partial charge in [-0.25, -0.2) is 0 Å². The van der Waals surface area contributed by atoms with Gasteiger partial charge < -0.3 is 10.2 Å². The molecule has 0 saturated heterocycles. The van der Waals surface area contributed by atoms with Crippen LogP contribution in [0.4, 0.5) is 5.69 Å². The van der Waals surface area contributed by atoms with E-state index in [1.165, 1.54) is 13.8 Å². The standard InChI is InChI=1S/C18H26N2O3/c1-5-15(6-2)18(23)19-11-12-20(14(4)22)17-9-7-16(8-10-17)13(3)21/h7-10,15H,5-6,11-12H2,1-4H3,(H,19,23). The van der Waals surface area contributed by atoms with Crippen LogP contribution >= 0.6 is 0 Å². The van der Waals surface area contributed by atoms with E-state index in [0.29, 0.717) is 18.7 Å². The number of ketones is 1. The molecule has 5 heteroatoms. The number of benzene rings is 1. The predicted octanol–water partition coefficient (Wildman–Crippen LogP) is 2.79. The van der Waals surface area contributed by atoms with E-state index in [-0.39, 0.29) is 23.5 Å². The van der Waals surface area contributed by atoms with Gasteiger partial charge in [0.15, 0.2) is 5.78 Å². The van der Waals surface area contributed by atoms with Crippen molar-refractivity contribution in [3.63, 3.8) is 0 Å². The minimum Gasteiger partial charge on any atom is -0.354 e. The molecule has 1 N–H and O–H groups in total. The van der Waals surface area contributed by atoms with E-state index in [1.807, 2.05) is 13.8 Å². The molecule has 126 valence electrons. The Bertz CT molecular complexity index is 548. The van der Waals surface area contributed by atoms with Crippen molar-refractivity contribution in [2.75, 3.05) is 18.0 Å². The van der Waals surface area contributed by atoms with E-state index >= 15 is 0 Å². The molecule has 2 amide bonds. The summed E-state index contributed by atoms with van der Waals surface area (Å²) in [6.45, 7) is 7.79. The third-order valence-electron chi connectivity index (χ3n) is 3.96. The summed E-state index contributed by atoms with van der Waals surface area (Å²) in [5.74, 6) is -0.0539. The number of amides is 2. The summed E-state index contributed by atoms with van der Waals surface area (Å²) >= 11 is 0. The lowest BCUT2D eigenvalue weighted by molar-refractivity contribution is -0.125. The van der Waals surface area contributed by atoms with Gasteiger partial charge in [-0.2, -0.15) is 0 Å². The first-order valence-electron chi connectivity index (χ1n) is 8.07. The molecule has 0 aromatic heterocycles. The van der Waals surface area contributed by atoms with Crippen molar-refractivity contribution in [1.82, 2.24) is 5.32 Å². The highest BCUT2D eigenvalue weighted by atomic mass is 16.2. The second kappa shape index (κ2) is 9.08. The Kier molecular flexibility index (Phi) is 7.45. The van der Waals surface area contributed by atoms with Crippen molar-refractivity contribution >= 4 is 23.3 Å². The Labute approximate surface area is 138 Å². The summed E-state index contributed by atoms with van der Waals surface area (Å²) in [7, 11) is 0. The molecule has 23 heavy (non-hydrogen) atoms. The van der Waals surface area contributed by atoms with Crippen LogP contribution in [0.5, 0.6) is 0 Å². The van der Waals surface area contributed by atoms with E-state index in [2.05, 4.69) is 5.32 Å². The van der Waals surface area contributed by atoms with Crippen LogP contribution in [-0.4, -0.2) is 30.7 Å². The average Bonchev–Trinajstić information content (AvgIpc) is 2.52. The SMILES string of the molecule is CCC(CC)C(=O)NCCN(C(C)=O)c1ccc(C(C)=O)cc1. The molecule has 1 rings (SSSR count). The van der Waals surface area contributed by atoms with Crippen molar-refractivity contribution in [1.29, 1.82) is 0 Å². The average molecular weight is 318 g/mol. The molecular formula is C18H26N2O3. The largest absolute Gasteiger partial charge is 0.354 e. The lowest BCUT2D eigenvalue weighted by Crippen LogP contribution is -2.39. The number of carbonyl (C=O) groups excluding carboxylic acids is 3. The Morgan fingerprint density at radius 2 is 1.61 bits per heavy atom. The zero-order valence-corrected chi connectivity index (χ0v) is 14.4. The number of nitrogens with one attached hydrogen (secondary N) is 1. The summed E-state index contributed by atoms with van der Waals surface area (Å²) in [6, 6.07) is 6.91. The Hall–Kier alpha value is -2.17. The van der Waals surface area contributed by atoms with Gasteiger partial charge in [0, 0.05) is 37.2 Å². The van der Waals surface area contributed by atoms with E-state index in [0.717, 1.165) is 18.5 Å². The highest BCUT2D eigenvalue weighted by molar-refractivity contribution is 5.96. The number of Topliss-reactive ketones (excluding diaryl/α,β-unsaturated/α-hetero) is 1. The van der Waals surface area contributed by atoms with Crippen LogP contribution in [0.25, 0.3) is 0 Å². The monoisotopic (exact) mass is 318 g/mol. The fraction of sp³-hybridized carbons (Fsp3) is 0.500. The molecule has 0 spiro atoms. The lowest BCUT2D eigenvalue weighted by Gasteiger charge is -2.22. The summed E-state index contributed by atoms with van der Waals surface area (Å²) < 4.78 is 0. The summed E-state index contributed by atoms with van der Waals surface area (Å²) in [5, 5.41) is 2.88. The molecule has 0 atom stereocenters. The van der Waals surface area contributed by atoms with Gasteiger partial charge in [-0.3, -0.25) is 14.4 Å². The second-order valence-electron chi connectivity index (χ2n) is 5.58. The first kappa shape index (κ1) is 18.9. The molecule has 5 nitrogen and oxygen atoms in total. The van der Waals surface area contributed by atoms with Gasteiger partial charge in [0.1, 0.15) is 0 Å². The summed E-state index contributed by atoms with van der Waals surface area (Å²) in [4.78, 5) is 36.7. The maximum absolute atomic E-state index is 12.0. The Morgan fingerprint density at radius 1 is 1.04 bits per heavy atom. The van der Waals surface area contributed by atoms with Gasteiger partial charge in [-0.1, -0.05) is 13.8 Å². The number of carbonyl (C=O) groups is 3. The smallest absolute Gasteiger partial charge is 0.223 e. The van der Waals surface area contributed by atoms with Gasteiger partial charge in [-0.05, 0) is 44.0 Å². The molecule has 0 heterocycles. The molecule has 1 aromatic carbocycles. The van der Waals surface area contributed by atoms with Crippen LogP contribution in [0.2, 0.25) is 0 Å². The van der Waals surface area contributed by atoms with Crippen LogP contribution in [0.3, 0.4) is 0 Å². The van der Waals surface area contributed by atoms with Crippen molar-refractivity contribution in [2.45, 2.75) is 40.5 Å². The van der Waals surface area contributed by atoms with E-state index in [1.54, 1.807) is 29.2 Å². The third kappa shape index (κ3) is 5.51. The van der Waals surface area contributed by atoms with Crippen LogP contribution in [0.1, 0.15) is 50.9 Å². The van der Waals surface area contributed by atoms with Gasteiger partial charge in [0.05, 0.1) is 0 Å². The fourth-order valence-corrected chi connectivity index (χ4v) is 2.44. The van der Waals surface area contributed by atoms with Gasteiger partial charge in [0.2, 0.25) is 11.8 Å². The number of rotatable bonds is 8. The number of hydrogen-bond acceptors (Lipinski definition) is 3. The molecule has 0 unspecified atom stereocenters. The third-order valence-corrected chi connectivity index (χ3v) is 3.96. The van der Waals surface area contributed by atoms with Crippen LogP contribution in [0.15, 0.2) is 24.3 Å². The van der Waals surface area contributed by atoms with Crippen LogP contribution < -0.4 is 10.2 Å². The highest BCUT2D eigenvalue weighted by Gasteiger charge is 2.15.